The SMILES string of the molecule is CCC[C@@H]1C#C[C@@H](CBr)CC1. The molecular weight excluding hydrogens is 200 g/mol. The minimum absolute atomic E-state index is 0.628. The molecule has 0 heterocycles. The third-order valence-corrected chi connectivity index (χ3v) is 2.96. The van der Waals surface area contributed by atoms with Gasteiger partial charge < -0.3 is 0 Å². The summed E-state index contributed by atoms with van der Waals surface area (Å²) in [4.78, 5) is 0. The lowest BCUT2D eigenvalue weighted by Crippen LogP contribution is -2.09. The van der Waals surface area contributed by atoms with Gasteiger partial charge in [-0.1, -0.05) is 41.1 Å². The van der Waals surface area contributed by atoms with Crippen LogP contribution in [-0.4, -0.2) is 5.33 Å². The highest BCUT2D eigenvalue weighted by molar-refractivity contribution is 9.09. The van der Waals surface area contributed by atoms with Crippen molar-refractivity contribution in [3.05, 3.63) is 0 Å². The molecule has 62 valence electrons. The monoisotopic (exact) mass is 214 g/mol. The maximum Gasteiger partial charge on any atom is 0.0300 e. The van der Waals surface area contributed by atoms with Crippen molar-refractivity contribution in [3.63, 3.8) is 0 Å². The van der Waals surface area contributed by atoms with Gasteiger partial charge in [0.1, 0.15) is 0 Å². The highest BCUT2D eigenvalue weighted by atomic mass is 79.9. The maximum absolute atomic E-state index is 3.47. The van der Waals surface area contributed by atoms with Gasteiger partial charge in [0.2, 0.25) is 0 Å². The molecule has 0 saturated heterocycles. The fraction of sp³-hybridized carbons (Fsp3) is 0.800. The van der Waals surface area contributed by atoms with Crippen LogP contribution in [0, 0.1) is 23.7 Å². The van der Waals surface area contributed by atoms with Crippen LogP contribution < -0.4 is 0 Å². The number of alkyl halides is 1. The van der Waals surface area contributed by atoms with E-state index in [0.29, 0.717) is 11.8 Å². The fourth-order valence-electron chi connectivity index (χ4n) is 1.46. The molecule has 0 aromatic rings. The van der Waals surface area contributed by atoms with Gasteiger partial charge in [-0.25, -0.2) is 0 Å². The van der Waals surface area contributed by atoms with Gasteiger partial charge in [-0.3, -0.25) is 0 Å². The molecule has 1 aliphatic rings. The van der Waals surface area contributed by atoms with Gasteiger partial charge in [-0.15, -0.1) is 0 Å². The number of hydrogen-bond donors (Lipinski definition) is 0. The van der Waals surface area contributed by atoms with Gasteiger partial charge in [0.15, 0.2) is 0 Å². The van der Waals surface area contributed by atoms with Gasteiger partial charge in [0.05, 0.1) is 0 Å². The number of rotatable bonds is 3. The van der Waals surface area contributed by atoms with Crippen LogP contribution in [0.2, 0.25) is 0 Å². The van der Waals surface area contributed by atoms with Crippen molar-refractivity contribution in [1.82, 2.24) is 0 Å². The van der Waals surface area contributed by atoms with Crippen molar-refractivity contribution >= 4 is 15.9 Å². The third kappa shape index (κ3) is 2.87. The Morgan fingerprint density at radius 3 is 2.36 bits per heavy atom. The summed E-state index contributed by atoms with van der Waals surface area (Å²) in [5, 5.41) is 1.05. The second kappa shape index (κ2) is 4.83. The molecule has 0 fully saturated rings. The van der Waals surface area contributed by atoms with E-state index in [-0.39, 0.29) is 0 Å². The molecule has 0 amide bonds. The summed E-state index contributed by atoms with van der Waals surface area (Å²) in [6, 6.07) is 0. The maximum atomic E-state index is 3.47. The standard InChI is InChI=1S/C10H15Br/c1-2-3-9-4-6-10(8-11)7-5-9/h9-10H,2-4,6,8H2,1H3/t9-,10-/m0/s1. The predicted molar refractivity (Wildman–Crippen MR) is 52.7 cm³/mol. The van der Waals surface area contributed by atoms with Crippen LogP contribution in [0.4, 0.5) is 0 Å². The van der Waals surface area contributed by atoms with E-state index >= 15 is 0 Å². The fourth-order valence-corrected chi connectivity index (χ4v) is 1.95. The zero-order valence-electron chi connectivity index (χ0n) is 7.07. The van der Waals surface area contributed by atoms with Crippen LogP contribution in [0.5, 0.6) is 0 Å². The quantitative estimate of drug-likeness (QED) is 0.501. The van der Waals surface area contributed by atoms with E-state index in [2.05, 4.69) is 34.7 Å². The Labute approximate surface area is 77.9 Å². The van der Waals surface area contributed by atoms with Crippen molar-refractivity contribution in [3.8, 4) is 11.8 Å². The lowest BCUT2D eigenvalue weighted by atomic mass is 9.89. The summed E-state index contributed by atoms with van der Waals surface area (Å²) in [7, 11) is 0. The molecule has 0 radical (unpaired) electrons. The van der Waals surface area contributed by atoms with Crippen LogP contribution in [0.15, 0.2) is 0 Å². The van der Waals surface area contributed by atoms with Crippen LogP contribution in [0.25, 0.3) is 0 Å². The molecule has 0 N–H and O–H groups in total. The normalized spacial score (nSPS) is 29.3. The molecule has 0 aromatic carbocycles. The summed E-state index contributed by atoms with van der Waals surface area (Å²) in [6.45, 7) is 2.23. The van der Waals surface area contributed by atoms with E-state index in [1.165, 1.54) is 25.7 Å². The zero-order valence-corrected chi connectivity index (χ0v) is 8.65. The van der Waals surface area contributed by atoms with Gasteiger partial charge >= 0.3 is 0 Å². The molecule has 1 aliphatic carbocycles. The Morgan fingerprint density at radius 2 is 1.91 bits per heavy atom. The van der Waals surface area contributed by atoms with Crippen LogP contribution in [0.1, 0.15) is 32.6 Å². The van der Waals surface area contributed by atoms with Gasteiger partial charge in [-0.05, 0) is 19.3 Å². The van der Waals surface area contributed by atoms with Crippen molar-refractivity contribution in [2.24, 2.45) is 11.8 Å². The van der Waals surface area contributed by atoms with E-state index in [0.717, 1.165) is 5.33 Å². The summed E-state index contributed by atoms with van der Waals surface area (Å²) in [5.41, 5.74) is 0. The number of halogens is 1. The topological polar surface area (TPSA) is 0 Å². The lowest BCUT2D eigenvalue weighted by molar-refractivity contribution is 0.482. The summed E-state index contributed by atoms with van der Waals surface area (Å²) >= 11 is 3.47. The molecule has 1 rings (SSSR count). The highest BCUT2D eigenvalue weighted by Crippen LogP contribution is 2.21. The zero-order chi connectivity index (χ0) is 8.10. The Bertz CT molecular complexity index is 163. The van der Waals surface area contributed by atoms with Crippen LogP contribution >= 0.6 is 15.9 Å². The first-order valence-corrected chi connectivity index (χ1v) is 5.56. The third-order valence-electron chi connectivity index (χ3n) is 2.18. The molecule has 0 spiro atoms. The largest absolute Gasteiger partial charge is 0.0996 e. The predicted octanol–water partition coefficient (Wildman–Crippen LogP) is 3.21. The second-order valence-electron chi connectivity index (χ2n) is 3.20. The Balaban J connectivity index is 2.36. The summed E-state index contributed by atoms with van der Waals surface area (Å²) in [6.07, 6.45) is 5.18. The average molecular weight is 215 g/mol. The lowest BCUT2D eigenvalue weighted by Gasteiger charge is -2.16. The molecule has 2 atom stereocenters. The van der Waals surface area contributed by atoms with Crippen molar-refractivity contribution in [1.29, 1.82) is 0 Å². The summed E-state index contributed by atoms with van der Waals surface area (Å²) < 4.78 is 0. The van der Waals surface area contributed by atoms with Crippen molar-refractivity contribution in [2.45, 2.75) is 32.6 Å². The molecule has 0 nitrogen and oxygen atoms in total. The smallest absolute Gasteiger partial charge is 0.0300 e. The van der Waals surface area contributed by atoms with E-state index in [4.69, 9.17) is 0 Å². The van der Waals surface area contributed by atoms with E-state index in [1.54, 1.807) is 0 Å². The average Bonchev–Trinajstić information content (AvgIpc) is 2.07. The van der Waals surface area contributed by atoms with Gasteiger partial charge in [-0.2, -0.15) is 0 Å². The van der Waals surface area contributed by atoms with Crippen LogP contribution in [0.3, 0.4) is 0 Å². The van der Waals surface area contributed by atoms with E-state index in [1.807, 2.05) is 0 Å². The first kappa shape index (κ1) is 9.13. The van der Waals surface area contributed by atoms with Crippen molar-refractivity contribution in [2.75, 3.05) is 5.33 Å². The molecule has 0 saturated carbocycles. The first-order chi connectivity index (χ1) is 5.36. The molecule has 1 heteroatoms. The molecule has 11 heavy (non-hydrogen) atoms. The van der Waals surface area contributed by atoms with E-state index in [9.17, 15) is 0 Å². The molecule has 0 unspecified atom stereocenters. The highest BCUT2D eigenvalue weighted by Gasteiger charge is 2.13. The van der Waals surface area contributed by atoms with Gasteiger partial charge in [0, 0.05) is 17.2 Å². The minimum atomic E-state index is 0.628. The Hall–Kier alpha value is 0.0400. The Kier molecular flexibility index (Phi) is 4.01. The molecule has 0 aromatic heterocycles. The van der Waals surface area contributed by atoms with Crippen molar-refractivity contribution < 1.29 is 0 Å². The molecule has 0 aliphatic heterocycles. The molecular formula is C10H15Br. The summed E-state index contributed by atoms with van der Waals surface area (Å²) in [5.74, 6) is 7.98. The van der Waals surface area contributed by atoms with Crippen LogP contribution in [-0.2, 0) is 0 Å². The first-order valence-electron chi connectivity index (χ1n) is 4.43. The molecule has 0 bridgehead atoms. The van der Waals surface area contributed by atoms with E-state index < -0.39 is 0 Å². The minimum Gasteiger partial charge on any atom is -0.0996 e. The Morgan fingerprint density at radius 1 is 1.27 bits per heavy atom. The second-order valence-corrected chi connectivity index (χ2v) is 3.85. The van der Waals surface area contributed by atoms with Gasteiger partial charge in [0.25, 0.3) is 0 Å². The number of hydrogen-bond acceptors (Lipinski definition) is 0.